The molecular formula is C8H13F4NO2. The van der Waals surface area contributed by atoms with Crippen molar-refractivity contribution in [2.45, 2.75) is 38.2 Å². The predicted octanol–water partition coefficient (Wildman–Crippen LogP) is 1.16. The van der Waals surface area contributed by atoms with Crippen molar-refractivity contribution in [2.24, 2.45) is 0 Å². The van der Waals surface area contributed by atoms with Crippen LogP contribution >= 0.6 is 0 Å². The van der Waals surface area contributed by atoms with Crippen LogP contribution in [-0.4, -0.2) is 36.0 Å². The number of alkyl halides is 4. The number of aliphatic hydroxyl groups is 1. The van der Waals surface area contributed by atoms with Crippen LogP contribution in [0.3, 0.4) is 0 Å². The summed E-state index contributed by atoms with van der Waals surface area (Å²) in [6.45, 7) is 1.30. The molecule has 0 aromatic carbocycles. The second kappa shape index (κ2) is 5.89. The molecule has 0 heterocycles. The highest BCUT2D eigenvalue weighted by Gasteiger charge is 2.48. The fraction of sp³-hybridized carbons (Fsp3) is 0.875. The Labute approximate surface area is 84.5 Å². The van der Waals surface area contributed by atoms with Crippen LogP contribution in [0.2, 0.25) is 0 Å². The van der Waals surface area contributed by atoms with Crippen LogP contribution in [0.4, 0.5) is 17.6 Å². The molecule has 15 heavy (non-hydrogen) atoms. The molecule has 0 aromatic heterocycles. The van der Waals surface area contributed by atoms with Gasteiger partial charge in [-0.05, 0) is 6.42 Å². The monoisotopic (exact) mass is 231 g/mol. The molecule has 0 radical (unpaired) electrons. The maximum Gasteiger partial charge on any atom is 0.383 e. The molecule has 0 saturated heterocycles. The van der Waals surface area contributed by atoms with Crippen LogP contribution in [0.5, 0.6) is 0 Å². The topological polar surface area (TPSA) is 49.3 Å². The van der Waals surface area contributed by atoms with Crippen molar-refractivity contribution >= 4 is 5.91 Å². The molecule has 3 nitrogen and oxygen atoms in total. The molecule has 0 aromatic rings. The Bertz CT molecular complexity index is 211. The number of hydrogen-bond donors (Lipinski definition) is 2. The van der Waals surface area contributed by atoms with Crippen molar-refractivity contribution in [2.75, 3.05) is 6.54 Å². The molecule has 1 amide bonds. The average Bonchev–Trinajstić information content (AvgIpc) is 2.14. The van der Waals surface area contributed by atoms with Gasteiger partial charge in [-0.25, -0.2) is 8.78 Å². The second-order valence-electron chi connectivity index (χ2n) is 3.08. The lowest BCUT2D eigenvalue weighted by Gasteiger charge is -2.16. The van der Waals surface area contributed by atoms with Crippen molar-refractivity contribution in [3.05, 3.63) is 0 Å². The first-order valence-electron chi connectivity index (χ1n) is 4.44. The Morgan fingerprint density at radius 1 is 1.47 bits per heavy atom. The van der Waals surface area contributed by atoms with Gasteiger partial charge in [-0.15, -0.1) is 0 Å². The Kier molecular flexibility index (Phi) is 5.56. The highest BCUT2D eigenvalue weighted by Crippen LogP contribution is 2.22. The zero-order chi connectivity index (χ0) is 12.1. The van der Waals surface area contributed by atoms with Crippen molar-refractivity contribution in [1.29, 1.82) is 0 Å². The van der Waals surface area contributed by atoms with E-state index in [0.29, 0.717) is 12.8 Å². The Balaban J connectivity index is 4.04. The van der Waals surface area contributed by atoms with Crippen LogP contribution in [0, 0.1) is 0 Å². The van der Waals surface area contributed by atoms with Crippen LogP contribution in [0.1, 0.15) is 19.8 Å². The number of aliphatic hydroxyl groups excluding tert-OH is 1. The summed E-state index contributed by atoms with van der Waals surface area (Å²) in [5.74, 6) is -6.76. The lowest BCUT2D eigenvalue weighted by Crippen LogP contribution is -2.47. The number of carbonyl (C=O) groups is 1. The molecule has 7 heteroatoms. The van der Waals surface area contributed by atoms with Gasteiger partial charge in [-0.3, -0.25) is 4.79 Å². The van der Waals surface area contributed by atoms with E-state index in [9.17, 15) is 22.4 Å². The number of halogens is 4. The summed E-state index contributed by atoms with van der Waals surface area (Å²) < 4.78 is 48.0. The summed E-state index contributed by atoms with van der Waals surface area (Å²) in [7, 11) is 0. The molecule has 0 spiro atoms. The zero-order valence-electron chi connectivity index (χ0n) is 8.14. The SMILES string of the molecule is CCCC(O)CNC(=O)C(F)(F)C(F)F. The van der Waals surface area contributed by atoms with Gasteiger partial charge in [0.2, 0.25) is 0 Å². The molecule has 0 aliphatic carbocycles. The summed E-state index contributed by atoms with van der Waals surface area (Å²) in [5, 5.41) is 10.6. The molecular weight excluding hydrogens is 218 g/mol. The maximum atomic E-state index is 12.3. The Morgan fingerprint density at radius 2 is 2.00 bits per heavy atom. The smallest absolute Gasteiger partial charge is 0.383 e. The Morgan fingerprint density at radius 3 is 2.40 bits per heavy atom. The fourth-order valence-corrected chi connectivity index (χ4v) is 0.863. The standard InChI is InChI=1S/C8H13F4NO2/c1-2-3-5(14)4-13-7(15)8(11,12)6(9)10/h5-6,14H,2-4H2,1H3,(H,13,15). The number of hydrogen-bond acceptors (Lipinski definition) is 2. The van der Waals surface area contributed by atoms with Gasteiger partial charge in [0, 0.05) is 6.54 Å². The first-order chi connectivity index (χ1) is 6.82. The number of amides is 1. The molecule has 0 rings (SSSR count). The van der Waals surface area contributed by atoms with Crippen LogP contribution in [0.25, 0.3) is 0 Å². The van der Waals surface area contributed by atoms with E-state index in [0.717, 1.165) is 0 Å². The van der Waals surface area contributed by atoms with Crippen LogP contribution < -0.4 is 5.32 Å². The predicted molar refractivity (Wildman–Crippen MR) is 44.9 cm³/mol. The van der Waals surface area contributed by atoms with E-state index in [2.05, 4.69) is 0 Å². The van der Waals surface area contributed by atoms with Crippen LogP contribution in [-0.2, 0) is 4.79 Å². The lowest BCUT2D eigenvalue weighted by molar-refractivity contribution is -0.169. The average molecular weight is 231 g/mol. The molecule has 0 bridgehead atoms. The molecule has 1 unspecified atom stereocenters. The summed E-state index contributed by atoms with van der Waals surface area (Å²) in [5.41, 5.74) is 0. The van der Waals surface area contributed by atoms with Gasteiger partial charge < -0.3 is 10.4 Å². The summed E-state index contributed by atoms with van der Waals surface area (Å²) in [4.78, 5) is 10.6. The van der Waals surface area contributed by atoms with E-state index in [1.807, 2.05) is 0 Å². The number of carbonyl (C=O) groups excluding carboxylic acids is 1. The third kappa shape index (κ3) is 4.46. The van der Waals surface area contributed by atoms with Gasteiger partial charge in [-0.1, -0.05) is 13.3 Å². The first kappa shape index (κ1) is 14.2. The van der Waals surface area contributed by atoms with E-state index < -0.39 is 30.9 Å². The molecule has 2 N–H and O–H groups in total. The van der Waals surface area contributed by atoms with Gasteiger partial charge in [0.25, 0.3) is 5.91 Å². The molecule has 0 saturated carbocycles. The van der Waals surface area contributed by atoms with E-state index in [4.69, 9.17) is 5.11 Å². The number of nitrogens with one attached hydrogen (secondary N) is 1. The minimum absolute atomic E-state index is 0.306. The normalized spacial score (nSPS) is 14.1. The molecule has 1 atom stereocenters. The van der Waals surface area contributed by atoms with Crippen molar-refractivity contribution in [3.63, 3.8) is 0 Å². The highest BCUT2D eigenvalue weighted by atomic mass is 19.3. The van der Waals surface area contributed by atoms with Gasteiger partial charge in [-0.2, -0.15) is 8.78 Å². The lowest BCUT2D eigenvalue weighted by atomic mass is 10.2. The summed E-state index contributed by atoms with van der Waals surface area (Å²) in [6.07, 6.45) is -4.13. The van der Waals surface area contributed by atoms with Crippen molar-refractivity contribution in [1.82, 2.24) is 5.32 Å². The minimum atomic E-state index is -4.70. The summed E-state index contributed by atoms with van der Waals surface area (Å²) >= 11 is 0. The van der Waals surface area contributed by atoms with Gasteiger partial charge in [0.1, 0.15) is 0 Å². The molecule has 0 fully saturated rings. The Hall–Kier alpha value is -0.850. The number of rotatable bonds is 6. The fourth-order valence-electron chi connectivity index (χ4n) is 0.863. The molecule has 90 valence electrons. The minimum Gasteiger partial charge on any atom is -0.391 e. The van der Waals surface area contributed by atoms with Gasteiger partial charge >= 0.3 is 12.3 Å². The van der Waals surface area contributed by atoms with E-state index >= 15 is 0 Å². The van der Waals surface area contributed by atoms with Crippen molar-refractivity contribution in [3.8, 4) is 0 Å². The first-order valence-corrected chi connectivity index (χ1v) is 4.44. The van der Waals surface area contributed by atoms with E-state index in [-0.39, 0.29) is 0 Å². The largest absolute Gasteiger partial charge is 0.391 e. The molecule has 0 aliphatic rings. The third-order valence-electron chi connectivity index (χ3n) is 1.70. The third-order valence-corrected chi connectivity index (χ3v) is 1.70. The van der Waals surface area contributed by atoms with E-state index in [1.54, 1.807) is 12.2 Å². The summed E-state index contributed by atoms with van der Waals surface area (Å²) in [6, 6.07) is 0. The van der Waals surface area contributed by atoms with Crippen molar-refractivity contribution < 1.29 is 27.5 Å². The van der Waals surface area contributed by atoms with Gasteiger partial charge in [0.15, 0.2) is 0 Å². The van der Waals surface area contributed by atoms with E-state index in [1.165, 1.54) is 0 Å². The van der Waals surface area contributed by atoms with Crippen LogP contribution in [0.15, 0.2) is 0 Å². The van der Waals surface area contributed by atoms with Gasteiger partial charge in [0.05, 0.1) is 6.10 Å². The quantitative estimate of drug-likeness (QED) is 0.674. The zero-order valence-corrected chi connectivity index (χ0v) is 8.14. The highest BCUT2D eigenvalue weighted by molar-refractivity contribution is 5.83. The maximum absolute atomic E-state index is 12.3. The second-order valence-corrected chi connectivity index (χ2v) is 3.08. The molecule has 0 aliphatic heterocycles.